The minimum absolute atomic E-state index is 0. The summed E-state index contributed by atoms with van der Waals surface area (Å²) in [6.07, 6.45) is 0. The van der Waals surface area contributed by atoms with Gasteiger partial charge in [0.2, 0.25) is 0 Å². The molecule has 9 heteroatoms. The first-order valence-electron chi connectivity index (χ1n) is 0.671. The van der Waals surface area contributed by atoms with E-state index in [4.69, 9.17) is 35.5 Å². The van der Waals surface area contributed by atoms with E-state index in [0.717, 1.165) is 0 Å². The Morgan fingerprint density at radius 3 is 0.667 bits per heavy atom. The Bertz CT molecular complexity index is 58.0. The van der Waals surface area contributed by atoms with Gasteiger partial charge in [0.05, 0.1) is 0 Å². The van der Waals surface area contributed by atoms with Gasteiger partial charge in [-0.3, -0.25) is 0 Å². The molecule has 1 radical (unpaired) electrons. The summed E-state index contributed by atoms with van der Waals surface area (Å²) in [4.78, 5) is 0. The largest absolute Gasteiger partial charge is 2.00 e. The van der Waals surface area contributed by atoms with Gasteiger partial charge in [0.15, 0.2) is 0 Å². The molecular weight excluding hydrogens is 285 g/mol. The molecule has 5 nitrogen and oxygen atoms in total. The molecule has 0 atom stereocenters. The molecule has 0 unspecified atom stereocenters. The maximum absolute atomic E-state index is 6.25. The van der Waals surface area contributed by atoms with Gasteiger partial charge in [-0.1, -0.05) is 0 Å². The van der Waals surface area contributed by atoms with Crippen LogP contribution in [0.5, 0.6) is 0 Å². The number of hydrogen-bond acceptors (Lipinski definition) is 4. The third-order valence-electron chi connectivity index (χ3n) is 0. The first-order chi connectivity index (χ1) is 3.00. The van der Waals surface area contributed by atoms with Crippen molar-refractivity contribution in [1.82, 2.24) is 0 Å². The van der Waals surface area contributed by atoms with E-state index in [9.17, 15) is 0 Å². The van der Waals surface area contributed by atoms with E-state index in [0.29, 0.717) is 0 Å². The van der Waals surface area contributed by atoms with E-state index in [-0.39, 0.29) is 107 Å². The number of nitrogens with zero attached hydrogens (tertiary/aromatic N) is 3. The second-order valence-corrected chi connectivity index (χ2v) is 0. The van der Waals surface area contributed by atoms with E-state index in [1.165, 1.54) is 0 Å². The molecule has 0 fully saturated rings. The van der Waals surface area contributed by atoms with Crippen molar-refractivity contribution in [2.75, 3.05) is 0 Å². The summed E-state index contributed by atoms with van der Waals surface area (Å²) in [6.45, 7) is 14.2. The quantitative estimate of drug-likeness (QED) is 0.324. The van der Waals surface area contributed by atoms with Crippen LogP contribution in [0.3, 0.4) is 0 Å². The predicted octanol–water partition coefficient (Wildman–Crippen LogP) is -6.00. The fourth-order valence-electron chi connectivity index (χ4n) is 0. The molecule has 1 N–H and O–H groups in total. The van der Waals surface area contributed by atoms with Gasteiger partial charge in [-0.15, -0.1) is 0 Å². The van der Waals surface area contributed by atoms with Gasteiger partial charge < -0.3 is 46.5 Å². The third-order valence-corrected chi connectivity index (χ3v) is 0. The molecule has 0 aromatic carbocycles. The van der Waals surface area contributed by atoms with E-state index in [1.54, 1.807) is 0 Å². The van der Waals surface area contributed by atoms with Crippen LogP contribution in [0.2, 0.25) is 0 Å². The zero-order valence-corrected chi connectivity index (χ0v) is 14.6. The van der Waals surface area contributed by atoms with E-state index in [1.807, 2.05) is 0 Å². The summed E-state index contributed by atoms with van der Waals surface area (Å²) in [5.41, 5.74) is 0. The Balaban J connectivity index is -0.00000000129. The van der Waals surface area contributed by atoms with Gasteiger partial charge in [0.1, 0.15) is 0 Å². The maximum atomic E-state index is 6.25. The molecule has 55 valence electrons. The second-order valence-electron chi connectivity index (χ2n) is 0. The van der Waals surface area contributed by atoms with Crippen LogP contribution in [-0.4, -0.2) is 5.48 Å². The molecule has 0 aromatic heterocycles. The van der Waals surface area contributed by atoms with Gasteiger partial charge in [-0.2, -0.15) is 0 Å². The molecule has 0 saturated heterocycles. The average molecular weight is 286 g/mol. The van der Waals surface area contributed by atoms with Crippen molar-refractivity contribution in [3.05, 3.63) is 19.7 Å². The van der Waals surface area contributed by atoms with Gasteiger partial charge >= 0.3 is 95.7 Å². The molecule has 0 aliphatic heterocycles. The summed E-state index contributed by atoms with van der Waals surface area (Å²) < 4.78 is 0. The van der Waals surface area contributed by atoms with Gasteiger partial charge in [-0.05, 0) is 0 Å². The van der Waals surface area contributed by atoms with E-state index in [2.05, 4.69) is 0 Å². The Kier molecular flexibility index (Phi) is 6120. The first kappa shape index (κ1) is 103. The van der Waals surface area contributed by atoms with Gasteiger partial charge in [-0.25, -0.2) is 0 Å². The zero-order valence-electron chi connectivity index (χ0n) is 6.71. The molecule has 0 rings (SSSR count). The van der Waals surface area contributed by atoms with Crippen LogP contribution in [0.1, 0.15) is 0 Å². The van der Waals surface area contributed by atoms with Crippen molar-refractivity contribution in [3.8, 4) is 0 Å². The second kappa shape index (κ2) is 709. The predicted molar refractivity (Wildman–Crippen MR) is 17.5 cm³/mol. The normalized spacial score (nSPS) is 0.500. The van der Waals surface area contributed by atoms with E-state index < -0.39 is 0 Å². The minimum atomic E-state index is 0. The van der Waals surface area contributed by atoms with Crippen molar-refractivity contribution < 1.29 is 107 Å². The molecule has 0 saturated carbocycles. The molecule has 0 aliphatic carbocycles. The van der Waals surface area contributed by atoms with Crippen molar-refractivity contribution in [1.29, 1.82) is 15.8 Å². The van der Waals surface area contributed by atoms with Gasteiger partial charge in [0, 0.05) is 0 Å². The number of rotatable bonds is 0. The van der Waals surface area contributed by atoms with Crippen LogP contribution < -0.4 is 59.1 Å². The first-order valence-corrected chi connectivity index (χ1v) is 0.671. The summed E-state index contributed by atoms with van der Waals surface area (Å²) in [5.74, 6) is 0. The van der Waals surface area contributed by atoms with Gasteiger partial charge in [0.25, 0.3) is 0 Å². The summed E-state index contributed by atoms with van der Waals surface area (Å²) in [7, 11) is 0. The summed E-state index contributed by atoms with van der Waals surface area (Å²) >= 11 is 0. The molecule has 0 amide bonds. The van der Waals surface area contributed by atoms with Crippen LogP contribution in [0.25, 0.3) is 0 Å². The molecule has 0 bridgehead atoms. The Labute approximate surface area is 140 Å². The fraction of sp³-hybridized carbons (Fsp3) is 0. The maximum Gasteiger partial charge on any atom is 2.00 e. The fourth-order valence-corrected chi connectivity index (χ4v) is 0. The van der Waals surface area contributed by atoms with Crippen LogP contribution in [0.15, 0.2) is 0 Å². The smallest absolute Gasteiger partial charge is 2.00 e. The monoisotopic (exact) mass is 284 g/mol. The van der Waals surface area contributed by atoms with Crippen molar-refractivity contribution >= 4 is 0 Å². The van der Waals surface area contributed by atoms with Crippen molar-refractivity contribution in [2.45, 2.75) is 0 Å². The van der Waals surface area contributed by atoms with Crippen LogP contribution in [0.4, 0.5) is 0 Å². The topological polar surface area (TPSA) is 130 Å². The standard InChI is InChI=1S/3CN.Cu.2Na.H2O.O.Zn/c3*1-2;;;;;;/h;;;;;;1H2;;/q3*-1;+2;2*+1;;-2;+2/p-1. The van der Waals surface area contributed by atoms with Crippen LogP contribution >= 0.6 is 0 Å². The average Bonchev–Trinajstić information content (AvgIpc) is 1.81. The molecule has 0 spiro atoms. The zero-order chi connectivity index (χ0) is 6.00. The SMILES string of the molecule is [C-]#N.[C-]#N.[C-]#N.[Cu+2].[Na+].[Na+].[O-2].[OH-].[Zn+2]. The number of hydrogen-bond donors (Lipinski definition) is 0. The van der Waals surface area contributed by atoms with Crippen LogP contribution in [-0.2, 0) is 42.0 Å². The molecular formula is C3HCuN3Na2O2Zn. The molecule has 0 heterocycles. The molecule has 0 aliphatic rings. The van der Waals surface area contributed by atoms with Crippen molar-refractivity contribution in [2.24, 2.45) is 0 Å². The summed E-state index contributed by atoms with van der Waals surface area (Å²) in [6, 6.07) is 0. The Morgan fingerprint density at radius 1 is 0.667 bits per heavy atom. The van der Waals surface area contributed by atoms with Crippen molar-refractivity contribution in [3.63, 3.8) is 0 Å². The Morgan fingerprint density at radius 2 is 0.667 bits per heavy atom. The Hall–Kier alpha value is 1.53. The molecule has 0 aromatic rings. The molecule has 12 heavy (non-hydrogen) atoms. The summed E-state index contributed by atoms with van der Waals surface area (Å²) in [5, 5.41) is 18.8. The van der Waals surface area contributed by atoms with E-state index >= 15 is 0 Å². The minimum Gasteiger partial charge on any atom is -2.00 e. The third kappa shape index (κ3) is 545. The van der Waals surface area contributed by atoms with Crippen LogP contribution in [0, 0.1) is 35.5 Å².